The molecule has 0 fully saturated rings. The number of carbonyl (C=O) groups excluding carboxylic acids is 1. The first-order valence-corrected chi connectivity index (χ1v) is 6.70. The second kappa shape index (κ2) is 11.4. The number of hydrogen-bond donors (Lipinski definition) is 0. The number of esters is 1. The summed E-state index contributed by atoms with van der Waals surface area (Å²) < 4.78 is 4.96. The Morgan fingerprint density at radius 3 is 2.47 bits per heavy atom. The molecule has 0 rings (SSSR count). The van der Waals surface area contributed by atoms with Gasteiger partial charge in [-0.05, 0) is 26.7 Å². The summed E-state index contributed by atoms with van der Waals surface area (Å²) in [6, 6.07) is 0. The molecule has 98 valence electrons. The van der Waals surface area contributed by atoms with E-state index in [1.54, 1.807) is 6.08 Å². The van der Waals surface area contributed by atoms with Crippen molar-refractivity contribution in [1.29, 1.82) is 0 Å². The average molecular weight is 238 g/mol. The Kier molecular flexibility index (Phi) is 10.7. The summed E-state index contributed by atoms with van der Waals surface area (Å²) in [5.41, 5.74) is 0. The standard InChI is InChI=1S/C15H26O2/c1-4-5-6-7-8-9-10-11-12-13-15(16)17-14(2)3/h10-14H,4-9H2,1-3H3/b11-10+,13-12+. The predicted octanol–water partition coefficient (Wildman–Crippen LogP) is 4.41. The smallest absolute Gasteiger partial charge is 0.330 e. The van der Waals surface area contributed by atoms with Crippen LogP contribution in [-0.4, -0.2) is 12.1 Å². The Hall–Kier alpha value is -1.05. The third-order valence-electron chi connectivity index (χ3n) is 2.31. The molecular weight excluding hydrogens is 212 g/mol. The van der Waals surface area contributed by atoms with Crippen LogP contribution in [0.1, 0.15) is 59.3 Å². The van der Waals surface area contributed by atoms with E-state index in [-0.39, 0.29) is 12.1 Å². The van der Waals surface area contributed by atoms with Gasteiger partial charge in [-0.15, -0.1) is 0 Å². The minimum absolute atomic E-state index is 0.0466. The monoisotopic (exact) mass is 238 g/mol. The van der Waals surface area contributed by atoms with Crippen LogP contribution in [0.15, 0.2) is 24.3 Å². The summed E-state index contributed by atoms with van der Waals surface area (Å²) in [5, 5.41) is 0. The molecule has 0 radical (unpaired) electrons. The van der Waals surface area contributed by atoms with Crippen LogP contribution in [0.3, 0.4) is 0 Å². The molecule has 0 aromatic carbocycles. The van der Waals surface area contributed by atoms with Gasteiger partial charge in [-0.1, -0.05) is 50.8 Å². The topological polar surface area (TPSA) is 26.3 Å². The zero-order valence-corrected chi connectivity index (χ0v) is 11.4. The molecule has 0 aliphatic rings. The number of allylic oxidation sites excluding steroid dienone is 3. The van der Waals surface area contributed by atoms with Crippen molar-refractivity contribution < 1.29 is 9.53 Å². The van der Waals surface area contributed by atoms with Crippen LogP contribution in [0.5, 0.6) is 0 Å². The summed E-state index contributed by atoms with van der Waals surface area (Å²) in [6.45, 7) is 5.91. The molecular formula is C15H26O2. The lowest BCUT2D eigenvalue weighted by molar-refractivity contribution is -0.141. The van der Waals surface area contributed by atoms with Gasteiger partial charge in [0.15, 0.2) is 0 Å². The quantitative estimate of drug-likeness (QED) is 0.257. The van der Waals surface area contributed by atoms with Gasteiger partial charge in [-0.3, -0.25) is 0 Å². The molecule has 0 amide bonds. The number of carbonyl (C=O) groups is 1. The highest BCUT2D eigenvalue weighted by Gasteiger charge is 1.97. The largest absolute Gasteiger partial charge is 0.460 e. The molecule has 17 heavy (non-hydrogen) atoms. The first kappa shape index (κ1) is 16.0. The van der Waals surface area contributed by atoms with E-state index < -0.39 is 0 Å². The third-order valence-corrected chi connectivity index (χ3v) is 2.31. The first-order chi connectivity index (χ1) is 8.16. The van der Waals surface area contributed by atoms with Crippen molar-refractivity contribution in [3.05, 3.63) is 24.3 Å². The minimum atomic E-state index is -0.271. The fourth-order valence-corrected chi connectivity index (χ4v) is 1.45. The van der Waals surface area contributed by atoms with Crippen LogP contribution >= 0.6 is 0 Å². The molecule has 0 aromatic rings. The van der Waals surface area contributed by atoms with Crippen molar-refractivity contribution in [2.24, 2.45) is 0 Å². The van der Waals surface area contributed by atoms with Crippen LogP contribution < -0.4 is 0 Å². The maximum absolute atomic E-state index is 11.1. The van der Waals surface area contributed by atoms with Gasteiger partial charge >= 0.3 is 5.97 Å². The Morgan fingerprint density at radius 1 is 1.12 bits per heavy atom. The predicted molar refractivity (Wildman–Crippen MR) is 72.9 cm³/mol. The maximum Gasteiger partial charge on any atom is 0.330 e. The fourth-order valence-electron chi connectivity index (χ4n) is 1.45. The van der Waals surface area contributed by atoms with E-state index in [2.05, 4.69) is 13.0 Å². The zero-order valence-electron chi connectivity index (χ0n) is 11.4. The Morgan fingerprint density at radius 2 is 1.82 bits per heavy atom. The molecule has 0 aromatic heterocycles. The van der Waals surface area contributed by atoms with Crippen LogP contribution in [0.2, 0.25) is 0 Å². The van der Waals surface area contributed by atoms with E-state index in [4.69, 9.17) is 4.74 Å². The average Bonchev–Trinajstić information content (AvgIpc) is 2.26. The van der Waals surface area contributed by atoms with Gasteiger partial charge < -0.3 is 4.74 Å². The van der Waals surface area contributed by atoms with Crippen molar-refractivity contribution in [2.75, 3.05) is 0 Å². The van der Waals surface area contributed by atoms with E-state index in [1.165, 1.54) is 38.2 Å². The molecule has 0 saturated carbocycles. The van der Waals surface area contributed by atoms with Gasteiger partial charge in [0.05, 0.1) is 6.10 Å². The van der Waals surface area contributed by atoms with Crippen molar-refractivity contribution >= 4 is 5.97 Å². The lowest BCUT2D eigenvalue weighted by atomic mass is 10.1. The van der Waals surface area contributed by atoms with Gasteiger partial charge in [0, 0.05) is 6.08 Å². The molecule has 0 heterocycles. The third kappa shape index (κ3) is 12.9. The Labute approximate surface area is 106 Å². The Balaban J connectivity index is 3.46. The van der Waals surface area contributed by atoms with E-state index >= 15 is 0 Å². The Bertz CT molecular complexity index is 239. The molecule has 0 aliphatic heterocycles. The molecule has 0 saturated heterocycles. The SMILES string of the molecule is CCCCCCC/C=C/C=C/C(=O)OC(C)C. The van der Waals surface area contributed by atoms with Crippen LogP contribution in [0, 0.1) is 0 Å². The summed E-state index contributed by atoms with van der Waals surface area (Å²) in [5.74, 6) is -0.271. The molecule has 0 atom stereocenters. The highest BCUT2D eigenvalue weighted by molar-refractivity contribution is 5.82. The van der Waals surface area contributed by atoms with Crippen molar-refractivity contribution in [3.63, 3.8) is 0 Å². The fraction of sp³-hybridized carbons (Fsp3) is 0.667. The maximum atomic E-state index is 11.1. The summed E-state index contributed by atoms with van der Waals surface area (Å²) in [7, 11) is 0. The molecule has 0 bridgehead atoms. The number of unbranched alkanes of at least 4 members (excludes halogenated alkanes) is 5. The highest BCUT2D eigenvalue weighted by Crippen LogP contribution is 2.05. The second-order valence-electron chi connectivity index (χ2n) is 4.48. The normalized spacial score (nSPS) is 11.8. The van der Waals surface area contributed by atoms with Crippen molar-refractivity contribution in [2.45, 2.75) is 65.4 Å². The van der Waals surface area contributed by atoms with E-state index in [0.29, 0.717) is 0 Å². The zero-order chi connectivity index (χ0) is 12.9. The summed E-state index contributed by atoms with van der Waals surface area (Å²) >= 11 is 0. The number of ether oxygens (including phenoxy) is 1. The molecule has 2 heteroatoms. The molecule has 0 spiro atoms. The number of hydrogen-bond acceptors (Lipinski definition) is 2. The lowest BCUT2D eigenvalue weighted by Crippen LogP contribution is -2.08. The van der Waals surface area contributed by atoms with Crippen molar-refractivity contribution in [1.82, 2.24) is 0 Å². The summed E-state index contributed by atoms with van der Waals surface area (Å²) in [4.78, 5) is 11.1. The highest BCUT2D eigenvalue weighted by atomic mass is 16.5. The lowest BCUT2D eigenvalue weighted by Gasteiger charge is -2.03. The number of rotatable bonds is 9. The van der Waals surface area contributed by atoms with E-state index in [9.17, 15) is 4.79 Å². The molecule has 0 N–H and O–H groups in total. The van der Waals surface area contributed by atoms with Crippen molar-refractivity contribution in [3.8, 4) is 0 Å². The first-order valence-electron chi connectivity index (χ1n) is 6.70. The van der Waals surface area contributed by atoms with Crippen LogP contribution in [0.4, 0.5) is 0 Å². The van der Waals surface area contributed by atoms with Gasteiger partial charge in [-0.25, -0.2) is 4.79 Å². The van der Waals surface area contributed by atoms with Crippen LogP contribution in [-0.2, 0) is 9.53 Å². The van der Waals surface area contributed by atoms with Gasteiger partial charge in [0.1, 0.15) is 0 Å². The van der Waals surface area contributed by atoms with E-state index in [1.807, 2.05) is 19.9 Å². The molecule has 0 unspecified atom stereocenters. The molecule has 0 aliphatic carbocycles. The molecule has 2 nitrogen and oxygen atoms in total. The van der Waals surface area contributed by atoms with E-state index in [0.717, 1.165) is 6.42 Å². The minimum Gasteiger partial charge on any atom is -0.460 e. The second-order valence-corrected chi connectivity index (χ2v) is 4.48. The van der Waals surface area contributed by atoms with Crippen LogP contribution in [0.25, 0.3) is 0 Å². The van der Waals surface area contributed by atoms with Gasteiger partial charge in [0.2, 0.25) is 0 Å². The summed E-state index contributed by atoms with van der Waals surface area (Å²) in [6.07, 6.45) is 14.8. The van der Waals surface area contributed by atoms with Gasteiger partial charge in [0.25, 0.3) is 0 Å². The van der Waals surface area contributed by atoms with Gasteiger partial charge in [-0.2, -0.15) is 0 Å².